The minimum atomic E-state index is 0.0933. The van der Waals surface area contributed by atoms with E-state index >= 15 is 0 Å². The maximum atomic E-state index is 11.7. The minimum Gasteiger partial charge on any atom is -0.493 e. The average molecular weight is 327 g/mol. The lowest BCUT2D eigenvalue weighted by atomic mass is 9.94. The molecule has 1 atom stereocenters. The van der Waals surface area contributed by atoms with Crippen molar-refractivity contribution >= 4 is 5.91 Å². The van der Waals surface area contributed by atoms with Crippen LogP contribution < -0.4 is 9.47 Å². The van der Waals surface area contributed by atoms with E-state index in [1.54, 1.807) is 26.4 Å². The fourth-order valence-corrected chi connectivity index (χ4v) is 2.99. The second kappa shape index (κ2) is 7.29. The molecule has 0 bridgehead atoms. The maximum Gasteiger partial charge on any atom is 0.241 e. The van der Waals surface area contributed by atoms with Crippen molar-refractivity contribution in [2.45, 2.75) is 25.7 Å². The molecule has 2 aromatic rings. The first kappa shape index (κ1) is 16.2. The second-order valence-electron chi connectivity index (χ2n) is 5.80. The van der Waals surface area contributed by atoms with E-state index in [0.29, 0.717) is 23.9 Å². The first-order valence-electron chi connectivity index (χ1n) is 8.06. The zero-order valence-corrected chi connectivity index (χ0v) is 13.9. The molecule has 1 aliphatic rings. The van der Waals surface area contributed by atoms with E-state index in [1.807, 2.05) is 29.2 Å². The van der Waals surface area contributed by atoms with Gasteiger partial charge in [0.05, 0.1) is 7.11 Å². The number of amides is 1. The van der Waals surface area contributed by atoms with Gasteiger partial charge in [0.15, 0.2) is 11.5 Å². The van der Waals surface area contributed by atoms with E-state index in [1.165, 1.54) is 0 Å². The Morgan fingerprint density at radius 3 is 2.71 bits per heavy atom. The molecule has 2 heterocycles. The number of methoxy groups -OCH3 is 1. The molecule has 6 heteroatoms. The first-order chi connectivity index (χ1) is 11.7. The molecule has 0 saturated carbocycles. The van der Waals surface area contributed by atoms with Crippen LogP contribution in [0.4, 0.5) is 0 Å². The Bertz CT molecular complexity index is 720. The van der Waals surface area contributed by atoms with Gasteiger partial charge < -0.3 is 14.4 Å². The van der Waals surface area contributed by atoms with Crippen LogP contribution in [0.15, 0.2) is 36.7 Å². The summed E-state index contributed by atoms with van der Waals surface area (Å²) < 4.78 is 11.3. The standard InChI is InChI=1S/C18H21N3O3/c1-13(22)21-11-5-6-14(12-21)17-18(20-10-9-19-17)24-16-8-4-3-7-15(16)23-2/h3-4,7-10,14H,5-6,11-12H2,1-2H3/t14-/m0/s1. The Morgan fingerprint density at radius 1 is 1.21 bits per heavy atom. The normalized spacial score (nSPS) is 17.4. The van der Waals surface area contributed by atoms with E-state index in [-0.39, 0.29) is 11.8 Å². The molecular formula is C18H21N3O3. The number of carbonyl (C=O) groups is 1. The third-order valence-electron chi connectivity index (χ3n) is 4.22. The average Bonchev–Trinajstić information content (AvgIpc) is 2.63. The lowest BCUT2D eigenvalue weighted by Gasteiger charge is -2.32. The quantitative estimate of drug-likeness (QED) is 0.864. The van der Waals surface area contributed by atoms with Crippen LogP contribution in [0.25, 0.3) is 0 Å². The topological polar surface area (TPSA) is 64.6 Å². The molecule has 1 aromatic heterocycles. The van der Waals surface area contributed by atoms with Crippen molar-refractivity contribution in [3.63, 3.8) is 0 Å². The second-order valence-corrected chi connectivity index (χ2v) is 5.80. The maximum absolute atomic E-state index is 11.7. The number of ether oxygens (including phenoxy) is 2. The number of rotatable bonds is 4. The Morgan fingerprint density at radius 2 is 1.96 bits per heavy atom. The summed E-state index contributed by atoms with van der Waals surface area (Å²) in [5.41, 5.74) is 0.786. The van der Waals surface area contributed by atoms with E-state index in [9.17, 15) is 4.79 Å². The van der Waals surface area contributed by atoms with Crippen molar-refractivity contribution in [3.05, 3.63) is 42.4 Å². The number of piperidine rings is 1. The molecule has 0 radical (unpaired) electrons. The van der Waals surface area contributed by atoms with Gasteiger partial charge in [-0.15, -0.1) is 0 Å². The fourth-order valence-electron chi connectivity index (χ4n) is 2.99. The van der Waals surface area contributed by atoms with Gasteiger partial charge in [-0.2, -0.15) is 0 Å². The van der Waals surface area contributed by atoms with Crippen LogP contribution in [0.5, 0.6) is 17.4 Å². The molecule has 6 nitrogen and oxygen atoms in total. The summed E-state index contributed by atoms with van der Waals surface area (Å²) in [6, 6.07) is 7.44. The van der Waals surface area contributed by atoms with Gasteiger partial charge in [-0.25, -0.2) is 4.98 Å². The van der Waals surface area contributed by atoms with Gasteiger partial charge in [0.1, 0.15) is 5.69 Å². The molecule has 126 valence electrons. The predicted molar refractivity (Wildman–Crippen MR) is 89.3 cm³/mol. The Labute approximate surface area is 141 Å². The van der Waals surface area contributed by atoms with Crippen molar-refractivity contribution in [2.75, 3.05) is 20.2 Å². The highest BCUT2D eigenvalue weighted by Gasteiger charge is 2.27. The SMILES string of the molecule is COc1ccccc1Oc1nccnc1[C@H]1CCCN(C(C)=O)C1. The summed E-state index contributed by atoms with van der Waals surface area (Å²) in [6.07, 6.45) is 5.19. The van der Waals surface area contributed by atoms with Crippen LogP contribution in [0, 0.1) is 0 Å². The zero-order valence-electron chi connectivity index (χ0n) is 13.9. The van der Waals surface area contributed by atoms with Gasteiger partial charge in [-0.3, -0.25) is 9.78 Å². The molecule has 24 heavy (non-hydrogen) atoms. The molecule has 1 amide bonds. The third-order valence-corrected chi connectivity index (χ3v) is 4.22. The predicted octanol–water partition coefficient (Wildman–Crippen LogP) is 3.00. The summed E-state index contributed by atoms with van der Waals surface area (Å²) in [5, 5.41) is 0. The first-order valence-corrected chi connectivity index (χ1v) is 8.06. The summed E-state index contributed by atoms with van der Waals surface area (Å²) in [7, 11) is 1.60. The van der Waals surface area contributed by atoms with Crippen molar-refractivity contribution in [2.24, 2.45) is 0 Å². The minimum absolute atomic E-state index is 0.0933. The lowest BCUT2D eigenvalue weighted by Crippen LogP contribution is -2.38. The largest absolute Gasteiger partial charge is 0.493 e. The van der Waals surface area contributed by atoms with Crippen LogP contribution >= 0.6 is 0 Å². The van der Waals surface area contributed by atoms with E-state index < -0.39 is 0 Å². The Balaban J connectivity index is 1.87. The highest BCUT2D eigenvalue weighted by molar-refractivity contribution is 5.73. The number of hydrogen-bond acceptors (Lipinski definition) is 5. The van der Waals surface area contributed by atoms with Crippen LogP contribution in [-0.4, -0.2) is 41.0 Å². The number of aromatic nitrogens is 2. The Hall–Kier alpha value is -2.63. The Kier molecular flexibility index (Phi) is 4.93. The van der Waals surface area contributed by atoms with E-state index in [0.717, 1.165) is 25.1 Å². The number of benzene rings is 1. The summed E-state index contributed by atoms with van der Waals surface area (Å²) >= 11 is 0. The van der Waals surface area contributed by atoms with Crippen LogP contribution in [0.3, 0.4) is 0 Å². The van der Waals surface area contributed by atoms with Crippen LogP contribution in [-0.2, 0) is 4.79 Å². The van der Waals surface area contributed by atoms with Crippen LogP contribution in [0.2, 0.25) is 0 Å². The molecule has 1 saturated heterocycles. The smallest absolute Gasteiger partial charge is 0.241 e. The van der Waals surface area contributed by atoms with Crippen molar-refractivity contribution in [1.82, 2.24) is 14.9 Å². The van der Waals surface area contributed by atoms with Gasteiger partial charge in [0.2, 0.25) is 11.8 Å². The number of carbonyl (C=O) groups excluding carboxylic acids is 1. The summed E-state index contributed by atoms with van der Waals surface area (Å²) in [5.74, 6) is 1.93. The lowest BCUT2D eigenvalue weighted by molar-refractivity contribution is -0.130. The number of likely N-dealkylation sites (tertiary alicyclic amines) is 1. The van der Waals surface area contributed by atoms with Crippen LogP contribution in [0.1, 0.15) is 31.4 Å². The van der Waals surface area contributed by atoms with Gasteiger partial charge in [0.25, 0.3) is 0 Å². The van der Waals surface area contributed by atoms with Crippen molar-refractivity contribution in [1.29, 1.82) is 0 Å². The van der Waals surface area contributed by atoms with Gasteiger partial charge >= 0.3 is 0 Å². The monoisotopic (exact) mass is 327 g/mol. The molecule has 1 aromatic carbocycles. The molecular weight excluding hydrogens is 306 g/mol. The van der Waals surface area contributed by atoms with Gasteiger partial charge in [-0.05, 0) is 25.0 Å². The van der Waals surface area contributed by atoms with E-state index in [2.05, 4.69) is 9.97 Å². The summed E-state index contributed by atoms with van der Waals surface area (Å²) in [4.78, 5) is 22.4. The number of hydrogen-bond donors (Lipinski definition) is 0. The molecule has 0 N–H and O–H groups in total. The van der Waals surface area contributed by atoms with Crippen molar-refractivity contribution < 1.29 is 14.3 Å². The molecule has 1 fully saturated rings. The molecule has 3 rings (SSSR count). The highest BCUT2D eigenvalue weighted by Crippen LogP contribution is 2.35. The summed E-state index contributed by atoms with van der Waals surface area (Å²) in [6.45, 7) is 3.05. The van der Waals surface area contributed by atoms with Crippen molar-refractivity contribution in [3.8, 4) is 17.4 Å². The molecule has 0 unspecified atom stereocenters. The fraction of sp³-hybridized carbons (Fsp3) is 0.389. The number of para-hydroxylation sites is 2. The number of nitrogens with zero attached hydrogens (tertiary/aromatic N) is 3. The van der Waals surface area contributed by atoms with E-state index in [4.69, 9.17) is 9.47 Å². The molecule has 0 spiro atoms. The third kappa shape index (κ3) is 3.48. The highest BCUT2D eigenvalue weighted by atomic mass is 16.5. The van der Waals surface area contributed by atoms with Gasteiger partial charge in [0, 0.05) is 38.3 Å². The zero-order chi connectivity index (χ0) is 16.9. The van der Waals surface area contributed by atoms with Gasteiger partial charge in [-0.1, -0.05) is 12.1 Å². The molecule has 1 aliphatic heterocycles. The molecule has 0 aliphatic carbocycles.